The van der Waals surface area contributed by atoms with Crippen LogP contribution in [0.15, 0.2) is 11.0 Å². The summed E-state index contributed by atoms with van der Waals surface area (Å²) in [6.07, 6.45) is 4.25. The predicted octanol–water partition coefficient (Wildman–Crippen LogP) is 1.95. The Morgan fingerprint density at radius 3 is 2.83 bits per heavy atom. The van der Waals surface area contributed by atoms with E-state index in [1.807, 2.05) is 4.57 Å². The number of nitrogens with zero attached hydrogens (tertiary/aromatic N) is 3. The first-order valence-electron chi connectivity index (χ1n) is 9.93. The third-order valence-electron chi connectivity index (χ3n) is 6.59. The summed E-state index contributed by atoms with van der Waals surface area (Å²) in [4.78, 5) is 31.2. The van der Waals surface area contributed by atoms with Crippen molar-refractivity contribution >= 4 is 34.3 Å². The number of hydrogen-bond acceptors (Lipinski definition) is 6. The molecule has 1 aliphatic carbocycles. The van der Waals surface area contributed by atoms with Crippen LogP contribution in [0.3, 0.4) is 0 Å². The van der Waals surface area contributed by atoms with Gasteiger partial charge in [-0.3, -0.25) is 4.79 Å². The van der Waals surface area contributed by atoms with Gasteiger partial charge in [0.15, 0.2) is 0 Å². The predicted molar refractivity (Wildman–Crippen MR) is 109 cm³/mol. The Labute approximate surface area is 172 Å². The molecule has 3 fully saturated rings. The number of aromatic carboxylic acids is 1. The number of ether oxygens (including phenoxy) is 1. The molecular formula is C20H23ClN4O4. The van der Waals surface area contributed by atoms with Crippen LogP contribution in [0.2, 0.25) is 5.02 Å². The molecule has 0 radical (unpaired) electrons. The van der Waals surface area contributed by atoms with Crippen LogP contribution in [0, 0.1) is 12.8 Å². The molecule has 9 heteroatoms. The van der Waals surface area contributed by atoms with Crippen LogP contribution in [0.4, 0.5) is 5.82 Å². The van der Waals surface area contributed by atoms with Crippen molar-refractivity contribution in [2.24, 2.45) is 11.7 Å². The number of aryl methyl sites for hydroxylation is 1. The van der Waals surface area contributed by atoms with E-state index in [2.05, 4.69) is 9.88 Å². The number of rotatable bonds is 4. The van der Waals surface area contributed by atoms with E-state index in [0.717, 1.165) is 25.8 Å². The van der Waals surface area contributed by atoms with Crippen LogP contribution in [0.25, 0.3) is 10.9 Å². The van der Waals surface area contributed by atoms with Crippen molar-refractivity contribution in [3.63, 3.8) is 0 Å². The zero-order valence-electron chi connectivity index (χ0n) is 16.2. The normalized spacial score (nSPS) is 26.3. The van der Waals surface area contributed by atoms with Gasteiger partial charge in [0, 0.05) is 37.9 Å². The zero-order chi connectivity index (χ0) is 20.5. The van der Waals surface area contributed by atoms with Crippen LogP contribution < -0.4 is 16.1 Å². The van der Waals surface area contributed by atoms with Crippen molar-refractivity contribution in [2.75, 3.05) is 31.1 Å². The number of nitrogens with two attached hydrogens (primary N) is 1. The summed E-state index contributed by atoms with van der Waals surface area (Å²) >= 11 is 6.84. The molecule has 1 saturated carbocycles. The van der Waals surface area contributed by atoms with Gasteiger partial charge in [-0.15, -0.1) is 0 Å². The summed E-state index contributed by atoms with van der Waals surface area (Å²) in [5.41, 5.74) is 5.94. The summed E-state index contributed by atoms with van der Waals surface area (Å²) < 4.78 is 7.85. The van der Waals surface area contributed by atoms with E-state index in [0.29, 0.717) is 47.7 Å². The molecule has 2 aromatic heterocycles. The van der Waals surface area contributed by atoms with Crippen molar-refractivity contribution in [1.82, 2.24) is 9.55 Å². The van der Waals surface area contributed by atoms with E-state index in [-0.39, 0.29) is 22.6 Å². The highest BCUT2D eigenvalue weighted by Crippen LogP contribution is 2.44. The molecule has 2 unspecified atom stereocenters. The Morgan fingerprint density at radius 2 is 2.21 bits per heavy atom. The zero-order valence-corrected chi connectivity index (χ0v) is 16.9. The molecule has 2 aliphatic heterocycles. The number of carboxylic acids is 1. The van der Waals surface area contributed by atoms with Gasteiger partial charge < -0.3 is 25.0 Å². The number of aromatic nitrogens is 2. The highest BCUT2D eigenvalue weighted by Gasteiger charge is 2.51. The van der Waals surface area contributed by atoms with Gasteiger partial charge in [-0.25, -0.2) is 9.78 Å². The standard InChI is InChI=1S/C20H23ClN4O4/c1-10-14-16(25(12-2-3-12)7-13(17(14)26)19(27)28)15(21)18(23-10)24-6-11-4-5-29-20(11,8-22)9-24/h7,11-12H,2-6,8-9,22H2,1H3,(H,27,28). The van der Waals surface area contributed by atoms with Crippen LogP contribution in [0.1, 0.15) is 41.4 Å². The van der Waals surface area contributed by atoms with E-state index in [4.69, 9.17) is 22.1 Å². The van der Waals surface area contributed by atoms with E-state index < -0.39 is 11.4 Å². The molecule has 3 aliphatic rings. The number of carboxylic acid groups (broad SMARTS) is 1. The summed E-state index contributed by atoms with van der Waals surface area (Å²) in [7, 11) is 0. The molecule has 0 amide bonds. The number of carbonyl (C=O) groups is 1. The highest BCUT2D eigenvalue weighted by molar-refractivity contribution is 6.37. The molecule has 4 heterocycles. The Morgan fingerprint density at radius 1 is 1.45 bits per heavy atom. The van der Waals surface area contributed by atoms with Gasteiger partial charge in [0.1, 0.15) is 22.0 Å². The van der Waals surface area contributed by atoms with E-state index in [1.54, 1.807) is 6.92 Å². The SMILES string of the molecule is Cc1nc(N2CC3CCOC3(CN)C2)c(Cl)c2c1c(=O)c(C(=O)O)cn2C1CC1. The van der Waals surface area contributed by atoms with Crippen molar-refractivity contribution in [2.45, 2.75) is 37.8 Å². The Kier molecular flexibility index (Phi) is 4.17. The largest absolute Gasteiger partial charge is 0.477 e. The molecule has 0 aromatic carbocycles. The average molecular weight is 419 g/mol. The second kappa shape index (κ2) is 6.42. The smallest absolute Gasteiger partial charge is 0.341 e. The van der Waals surface area contributed by atoms with Gasteiger partial charge in [-0.2, -0.15) is 0 Å². The fourth-order valence-corrected chi connectivity index (χ4v) is 5.24. The first kappa shape index (κ1) is 18.8. The van der Waals surface area contributed by atoms with Crippen molar-refractivity contribution in [3.8, 4) is 0 Å². The Hall–Kier alpha value is -2.16. The van der Waals surface area contributed by atoms with Crippen molar-refractivity contribution in [1.29, 1.82) is 0 Å². The van der Waals surface area contributed by atoms with Crippen LogP contribution >= 0.6 is 11.6 Å². The lowest BCUT2D eigenvalue weighted by Gasteiger charge is -2.27. The minimum Gasteiger partial charge on any atom is -0.477 e. The highest BCUT2D eigenvalue weighted by atomic mass is 35.5. The van der Waals surface area contributed by atoms with Crippen LogP contribution in [-0.2, 0) is 4.74 Å². The van der Waals surface area contributed by atoms with Gasteiger partial charge in [0.25, 0.3) is 0 Å². The first-order chi connectivity index (χ1) is 13.9. The average Bonchev–Trinajstić information content (AvgIpc) is 3.35. The number of fused-ring (bicyclic) bond motifs is 2. The monoisotopic (exact) mass is 418 g/mol. The Balaban J connectivity index is 1.71. The summed E-state index contributed by atoms with van der Waals surface area (Å²) in [6.45, 7) is 4.24. The van der Waals surface area contributed by atoms with E-state index in [9.17, 15) is 14.7 Å². The fourth-order valence-electron chi connectivity index (χ4n) is 4.89. The maximum Gasteiger partial charge on any atom is 0.341 e. The van der Waals surface area contributed by atoms with E-state index in [1.165, 1.54) is 6.20 Å². The number of hydrogen-bond donors (Lipinski definition) is 2. The molecule has 0 bridgehead atoms. The molecule has 2 saturated heterocycles. The lowest BCUT2D eigenvalue weighted by molar-refractivity contribution is 0.0126. The van der Waals surface area contributed by atoms with Crippen LogP contribution in [-0.4, -0.2) is 52.5 Å². The van der Waals surface area contributed by atoms with E-state index >= 15 is 0 Å². The molecule has 3 N–H and O–H groups in total. The summed E-state index contributed by atoms with van der Waals surface area (Å²) in [5, 5.41) is 10.2. The minimum absolute atomic E-state index is 0.153. The molecule has 2 aromatic rings. The third-order valence-corrected chi connectivity index (χ3v) is 6.94. The fraction of sp³-hybridized carbons (Fsp3) is 0.550. The lowest BCUT2D eigenvalue weighted by Crippen LogP contribution is -2.44. The van der Waals surface area contributed by atoms with Gasteiger partial charge in [-0.05, 0) is 26.2 Å². The maximum atomic E-state index is 12.9. The van der Waals surface area contributed by atoms with Crippen LogP contribution in [0.5, 0.6) is 0 Å². The minimum atomic E-state index is -1.24. The number of pyridine rings is 2. The maximum absolute atomic E-state index is 12.9. The second-order valence-electron chi connectivity index (χ2n) is 8.36. The van der Waals surface area contributed by atoms with Crippen molar-refractivity contribution in [3.05, 3.63) is 32.7 Å². The Bertz CT molecular complexity index is 1100. The molecule has 0 spiro atoms. The molecule has 8 nitrogen and oxygen atoms in total. The molecule has 154 valence electrons. The van der Waals surface area contributed by atoms with Gasteiger partial charge in [-0.1, -0.05) is 11.6 Å². The molecule has 29 heavy (non-hydrogen) atoms. The summed E-state index contributed by atoms with van der Waals surface area (Å²) in [5.74, 6) is -0.305. The molecule has 2 atom stereocenters. The molecule has 5 rings (SSSR count). The topological polar surface area (TPSA) is 111 Å². The quantitative estimate of drug-likeness (QED) is 0.780. The van der Waals surface area contributed by atoms with Gasteiger partial charge >= 0.3 is 5.97 Å². The third kappa shape index (κ3) is 2.69. The summed E-state index contributed by atoms with van der Waals surface area (Å²) in [6, 6.07) is 0.153. The second-order valence-corrected chi connectivity index (χ2v) is 8.74. The first-order valence-corrected chi connectivity index (χ1v) is 10.3. The number of anilines is 1. The lowest BCUT2D eigenvalue weighted by atomic mass is 9.91. The number of halogens is 1. The van der Waals surface area contributed by atoms with Crippen molar-refractivity contribution < 1.29 is 14.6 Å². The van der Waals surface area contributed by atoms with Gasteiger partial charge in [0.05, 0.1) is 23.1 Å². The molecular weight excluding hydrogens is 396 g/mol. The van der Waals surface area contributed by atoms with Gasteiger partial charge in [0.2, 0.25) is 5.43 Å².